The summed E-state index contributed by atoms with van der Waals surface area (Å²) in [5.74, 6) is 0.906. The maximum absolute atomic E-state index is 12.3. The zero-order chi connectivity index (χ0) is 18.1. The molecule has 3 aromatic rings. The van der Waals surface area contributed by atoms with Crippen molar-refractivity contribution in [3.63, 3.8) is 0 Å². The van der Waals surface area contributed by atoms with Gasteiger partial charge >= 0.3 is 5.91 Å². The van der Waals surface area contributed by atoms with Gasteiger partial charge in [-0.05, 0) is 30.7 Å². The SMILES string of the molecule is Cc1c(C(=O)N/N=C\c2cc(Cl)c3c(c2)OCCO3)oc2ccccc12. The fraction of sp³-hybridized carbons (Fsp3) is 0.158. The quantitative estimate of drug-likeness (QED) is 0.560. The van der Waals surface area contributed by atoms with E-state index in [1.165, 1.54) is 6.21 Å². The molecule has 132 valence electrons. The van der Waals surface area contributed by atoms with E-state index in [2.05, 4.69) is 10.5 Å². The van der Waals surface area contributed by atoms with Gasteiger partial charge in [-0.15, -0.1) is 0 Å². The zero-order valence-electron chi connectivity index (χ0n) is 13.9. The maximum Gasteiger partial charge on any atom is 0.307 e. The summed E-state index contributed by atoms with van der Waals surface area (Å²) in [6, 6.07) is 10.9. The van der Waals surface area contributed by atoms with Crippen molar-refractivity contribution < 1.29 is 18.7 Å². The van der Waals surface area contributed by atoms with Crippen LogP contribution in [0.2, 0.25) is 5.02 Å². The van der Waals surface area contributed by atoms with Crippen molar-refractivity contribution in [3.8, 4) is 11.5 Å². The van der Waals surface area contributed by atoms with E-state index in [0.29, 0.717) is 40.9 Å². The molecule has 4 rings (SSSR count). The number of halogens is 1. The van der Waals surface area contributed by atoms with Crippen molar-refractivity contribution in [3.05, 3.63) is 58.3 Å². The Morgan fingerprint density at radius 3 is 2.88 bits per heavy atom. The summed E-state index contributed by atoms with van der Waals surface area (Å²) < 4.78 is 16.6. The lowest BCUT2D eigenvalue weighted by atomic mass is 10.1. The average Bonchev–Trinajstić information content (AvgIpc) is 2.99. The molecule has 2 heterocycles. The molecule has 1 aliphatic heterocycles. The van der Waals surface area contributed by atoms with E-state index in [0.717, 1.165) is 10.9 Å². The molecule has 0 saturated heterocycles. The van der Waals surface area contributed by atoms with Crippen LogP contribution in [0, 0.1) is 6.92 Å². The van der Waals surface area contributed by atoms with Crippen molar-refractivity contribution in [2.45, 2.75) is 6.92 Å². The number of aryl methyl sites for hydroxylation is 1. The van der Waals surface area contributed by atoms with Crippen molar-refractivity contribution in [1.82, 2.24) is 5.43 Å². The van der Waals surface area contributed by atoms with E-state index < -0.39 is 5.91 Å². The molecular formula is C19H15ClN2O4. The second kappa shape index (κ2) is 6.72. The summed E-state index contributed by atoms with van der Waals surface area (Å²) in [5, 5.41) is 5.32. The van der Waals surface area contributed by atoms with Crippen LogP contribution in [-0.4, -0.2) is 25.3 Å². The van der Waals surface area contributed by atoms with Crippen LogP contribution in [0.1, 0.15) is 21.7 Å². The van der Waals surface area contributed by atoms with Gasteiger partial charge in [-0.3, -0.25) is 4.79 Å². The Balaban J connectivity index is 1.52. The Morgan fingerprint density at radius 2 is 2.04 bits per heavy atom. The zero-order valence-corrected chi connectivity index (χ0v) is 14.7. The lowest BCUT2D eigenvalue weighted by Gasteiger charge is -2.19. The first-order valence-electron chi connectivity index (χ1n) is 8.04. The summed E-state index contributed by atoms with van der Waals surface area (Å²) in [4.78, 5) is 12.3. The molecule has 1 aromatic heterocycles. The normalized spacial score (nSPS) is 13.3. The van der Waals surface area contributed by atoms with E-state index in [-0.39, 0.29) is 5.76 Å². The molecule has 26 heavy (non-hydrogen) atoms. The third-order valence-corrected chi connectivity index (χ3v) is 4.33. The first-order chi connectivity index (χ1) is 12.6. The number of rotatable bonds is 3. The molecule has 0 atom stereocenters. The minimum Gasteiger partial charge on any atom is -0.486 e. The number of hydrogen-bond acceptors (Lipinski definition) is 5. The summed E-state index contributed by atoms with van der Waals surface area (Å²) >= 11 is 6.18. The first kappa shape index (κ1) is 16.5. The van der Waals surface area contributed by atoms with Crippen LogP contribution in [0.4, 0.5) is 0 Å². The van der Waals surface area contributed by atoms with E-state index in [1.54, 1.807) is 12.1 Å². The van der Waals surface area contributed by atoms with Gasteiger partial charge in [0.1, 0.15) is 18.8 Å². The molecule has 0 spiro atoms. The number of carbonyl (C=O) groups is 1. The number of hydrogen-bond donors (Lipinski definition) is 1. The third-order valence-electron chi connectivity index (χ3n) is 4.05. The number of ether oxygens (including phenoxy) is 2. The molecule has 1 aliphatic rings. The van der Waals surface area contributed by atoms with Crippen molar-refractivity contribution in [1.29, 1.82) is 0 Å². The third kappa shape index (κ3) is 2.99. The number of benzene rings is 2. The van der Waals surface area contributed by atoms with Gasteiger partial charge in [0.2, 0.25) is 0 Å². The van der Waals surface area contributed by atoms with Gasteiger partial charge in [-0.1, -0.05) is 29.8 Å². The van der Waals surface area contributed by atoms with Crippen LogP contribution in [0.5, 0.6) is 11.5 Å². The molecule has 0 bridgehead atoms. The summed E-state index contributed by atoms with van der Waals surface area (Å²) in [7, 11) is 0. The summed E-state index contributed by atoms with van der Waals surface area (Å²) in [6.45, 7) is 2.77. The highest BCUT2D eigenvalue weighted by Crippen LogP contribution is 2.37. The molecule has 0 aliphatic carbocycles. The van der Waals surface area contributed by atoms with Gasteiger partial charge < -0.3 is 13.9 Å². The number of hydrazone groups is 1. The lowest BCUT2D eigenvalue weighted by Crippen LogP contribution is -2.18. The Labute approximate surface area is 154 Å². The second-order valence-corrected chi connectivity index (χ2v) is 6.19. The van der Waals surface area contributed by atoms with E-state index in [9.17, 15) is 4.79 Å². The highest BCUT2D eigenvalue weighted by atomic mass is 35.5. The highest BCUT2D eigenvalue weighted by molar-refractivity contribution is 6.32. The largest absolute Gasteiger partial charge is 0.486 e. The molecule has 1 N–H and O–H groups in total. The number of fused-ring (bicyclic) bond motifs is 2. The minimum absolute atomic E-state index is 0.239. The number of nitrogens with one attached hydrogen (secondary N) is 1. The molecule has 1 amide bonds. The van der Waals surface area contributed by atoms with Crippen molar-refractivity contribution in [2.24, 2.45) is 5.10 Å². The van der Waals surface area contributed by atoms with Crippen molar-refractivity contribution in [2.75, 3.05) is 13.2 Å². The average molecular weight is 371 g/mol. The lowest BCUT2D eigenvalue weighted by molar-refractivity contribution is 0.0929. The molecular weight excluding hydrogens is 356 g/mol. The van der Waals surface area contributed by atoms with Gasteiger partial charge in [-0.2, -0.15) is 5.10 Å². The number of amides is 1. The number of furan rings is 1. The van der Waals surface area contributed by atoms with Gasteiger partial charge in [0.05, 0.1) is 11.2 Å². The van der Waals surface area contributed by atoms with Crippen LogP contribution in [0.15, 0.2) is 45.9 Å². The van der Waals surface area contributed by atoms with Crippen LogP contribution in [0.25, 0.3) is 11.0 Å². The molecule has 0 radical (unpaired) electrons. The summed E-state index contributed by atoms with van der Waals surface area (Å²) in [5.41, 5.74) is 4.59. The molecule has 0 unspecified atom stereocenters. The second-order valence-electron chi connectivity index (χ2n) is 5.78. The standard InChI is InChI=1S/C19H15ClN2O4/c1-11-13-4-2-3-5-15(13)26-17(11)19(23)22-21-10-12-8-14(20)18-16(9-12)24-6-7-25-18/h2-5,8-10H,6-7H2,1H3,(H,22,23)/b21-10-. The predicted octanol–water partition coefficient (Wildman–Crippen LogP) is 3.93. The molecule has 2 aromatic carbocycles. The Kier molecular flexibility index (Phi) is 4.26. The molecule has 0 fully saturated rings. The number of para-hydroxylation sites is 1. The molecule has 0 saturated carbocycles. The highest BCUT2D eigenvalue weighted by Gasteiger charge is 2.18. The fourth-order valence-corrected chi connectivity index (χ4v) is 3.09. The van der Waals surface area contributed by atoms with Crippen molar-refractivity contribution >= 4 is 34.7 Å². The van der Waals surface area contributed by atoms with Gasteiger partial charge in [0, 0.05) is 10.9 Å². The van der Waals surface area contributed by atoms with Crippen LogP contribution in [-0.2, 0) is 0 Å². The van der Waals surface area contributed by atoms with Crippen LogP contribution < -0.4 is 14.9 Å². The molecule has 7 heteroatoms. The fourth-order valence-electron chi connectivity index (χ4n) is 2.81. The first-order valence-corrected chi connectivity index (χ1v) is 8.42. The van der Waals surface area contributed by atoms with Crippen LogP contribution in [0.3, 0.4) is 0 Å². The van der Waals surface area contributed by atoms with E-state index in [4.69, 9.17) is 25.5 Å². The smallest absolute Gasteiger partial charge is 0.307 e. The van der Waals surface area contributed by atoms with Gasteiger partial charge in [-0.25, -0.2) is 5.43 Å². The van der Waals surface area contributed by atoms with E-state index in [1.807, 2.05) is 31.2 Å². The molecule has 6 nitrogen and oxygen atoms in total. The topological polar surface area (TPSA) is 73.1 Å². The number of carbonyl (C=O) groups excluding carboxylic acids is 1. The Bertz CT molecular complexity index is 1030. The van der Waals surface area contributed by atoms with Gasteiger partial charge in [0.15, 0.2) is 17.3 Å². The van der Waals surface area contributed by atoms with E-state index >= 15 is 0 Å². The minimum atomic E-state index is -0.418. The Morgan fingerprint density at radius 1 is 1.23 bits per heavy atom. The summed E-state index contributed by atoms with van der Waals surface area (Å²) in [6.07, 6.45) is 1.49. The predicted molar refractivity (Wildman–Crippen MR) is 98.5 cm³/mol. The van der Waals surface area contributed by atoms with Crippen LogP contribution >= 0.6 is 11.6 Å². The monoisotopic (exact) mass is 370 g/mol. The number of nitrogens with zero attached hydrogens (tertiary/aromatic N) is 1. The maximum atomic E-state index is 12.3. The Hall–Kier alpha value is -2.99. The van der Waals surface area contributed by atoms with Gasteiger partial charge in [0.25, 0.3) is 0 Å².